The highest BCUT2D eigenvalue weighted by Gasteiger charge is 2.34. The molecule has 4 nitrogen and oxygen atoms in total. The number of fused-ring (bicyclic) bond motifs is 1. The second kappa shape index (κ2) is 8.01. The van der Waals surface area contributed by atoms with Crippen molar-refractivity contribution in [3.05, 3.63) is 64.8 Å². The molecule has 1 aromatic heterocycles. The van der Waals surface area contributed by atoms with Gasteiger partial charge in [0.05, 0.1) is 18.7 Å². The van der Waals surface area contributed by atoms with Crippen LogP contribution in [0.25, 0.3) is 10.9 Å². The van der Waals surface area contributed by atoms with E-state index in [4.69, 9.17) is 16.3 Å². The van der Waals surface area contributed by atoms with E-state index in [9.17, 15) is 0 Å². The number of aromatic nitrogens is 2. The number of hydrogen-bond donors (Lipinski definition) is 1. The smallest absolute Gasteiger partial charge is 0.0957 e. The molecule has 5 heteroatoms. The zero-order valence-corrected chi connectivity index (χ0v) is 16.5. The van der Waals surface area contributed by atoms with Gasteiger partial charge in [0.15, 0.2) is 0 Å². The van der Waals surface area contributed by atoms with E-state index in [1.165, 1.54) is 5.56 Å². The third-order valence-electron chi connectivity index (χ3n) is 5.61. The molecule has 0 atom stereocenters. The van der Waals surface area contributed by atoms with Crippen LogP contribution in [-0.2, 0) is 23.6 Å². The number of hydrogen-bond acceptors (Lipinski definition) is 3. The van der Waals surface area contributed by atoms with Crippen LogP contribution in [0.5, 0.6) is 0 Å². The van der Waals surface area contributed by atoms with Crippen molar-refractivity contribution >= 4 is 22.5 Å². The molecule has 0 saturated carbocycles. The summed E-state index contributed by atoms with van der Waals surface area (Å²) >= 11 is 6.29. The molecule has 0 aliphatic carbocycles. The van der Waals surface area contributed by atoms with E-state index in [0.717, 1.165) is 60.4 Å². The molecule has 3 aromatic rings. The molecule has 1 aliphatic heterocycles. The molecule has 0 amide bonds. The number of rotatable bonds is 6. The minimum Gasteiger partial charge on any atom is -0.380 e. The summed E-state index contributed by atoms with van der Waals surface area (Å²) in [5.41, 5.74) is 3.67. The Morgan fingerprint density at radius 1 is 1.19 bits per heavy atom. The Kier molecular flexibility index (Phi) is 5.48. The van der Waals surface area contributed by atoms with Gasteiger partial charge in [0.25, 0.3) is 0 Å². The fourth-order valence-electron chi connectivity index (χ4n) is 4.14. The molecule has 27 heavy (non-hydrogen) atoms. The zero-order valence-electron chi connectivity index (χ0n) is 15.7. The Morgan fingerprint density at radius 3 is 2.74 bits per heavy atom. The molecule has 1 N–H and O–H groups in total. The van der Waals surface area contributed by atoms with Crippen molar-refractivity contribution in [2.75, 3.05) is 26.3 Å². The van der Waals surface area contributed by atoms with Crippen LogP contribution in [-0.4, -0.2) is 36.1 Å². The van der Waals surface area contributed by atoms with Crippen LogP contribution < -0.4 is 5.32 Å². The molecule has 0 unspecified atom stereocenters. The summed E-state index contributed by atoms with van der Waals surface area (Å²) in [5.74, 6) is 0. The van der Waals surface area contributed by atoms with Crippen molar-refractivity contribution in [1.82, 2.24) is 15.1 Å². The number of nitrogens with one attached hydrogen (secondary N) is 1. The zero-order chi connectivity index (χ0) is 18.7. The van der Waals surface area contributed by atoms with Gasteiger partial charge in [-0.15, -0.1) is 0 Å². The number of benzene rings is 2. The van der Waals surface area contributed by atoms with Gasteiger partial charge in [-0.1, -0.05) is 41.9 Å². The topological polar surface area (TPSA) is 39.1 Å². The lowest BCUT2D eigenvalue weighted by Crippen LogP contribution is -2.43. The summed E-state index contributed by atoms with van der Waals surface area (Å²) in [6.45, 7) is 3.51. The molecule has 1 aliphatic rings. The minimum absolute atomic E-state index is 0.112. The van der Waals surface area contributed by atoms with Crippen molar-refractivity contribution in [2.24, 2.45) is 7.05 Å². The molecular formula is C22H26ClN3O. The van der Waals surface area contributed by atoms with Gasteiger partial charge in [-0.05, 0) is 55.6 Å². The van der Waals surface area contributed by atoms with Crippen LogP contribution in [0, 0.1) is 0 Å². The number of nitrogens with zero attached hydrogens (tertiary/aromatic N) is 2. The highest BCUT2D eigenvalue weighted by molar-refractivity contribution is 6.31. The van der Waals surface area contributed by atoms with E-state index in [1.54, 1.807) is 0 Å². The SMILES string of the molecule is Cn1cc2cc(Cl)cc(CCOCC3(c4ccccc4)CCNCC3)c2n1. The summed E-state index contributed by atoms with van der Waals surface area (Å²) in [6.07, 6.45) is 5.04. The van der Waals surface area contributed by atoms with Gasteiger partial charge in [-0.25, -0.2) is 0 Å². The lowest BCUT2D eigenvalue weighted by molar-refractivity contribution is 0.0691. The molecule has 0 spiro atoms. The number of piperidine rings is 1. The van der Waals surface area contributed by atoms with Crippen LogP contribution in [0.1, 0.15) is 24.0 Å². The Balaban J connectivity index is 1.44. The van der Waals surface area contributed by atoms with Gasteiger partial charge in [0, 0.05) is 29.1 Å². The van der Waals surface area contributed by atoms with Crippen LogP contribution in [0.3, 0.4) is 0 Å². The van der Waals surface area contributed by atoms with Crippen molar-refractivity contribution in [3.8, 4) is 0 Å². The third kappa shape index (κ3) is 4.03. The Bertz CT molecular complexity index is 901. The standard InChI is InChI=1S/C22H26ClN3O/c1-26-15-18-14-20(23)13-17(21(18)25-26)7-12-27-16-22(8-10-24-11-9-22)19-5-3-2-4-6-19/h2-6,13-15,24H,7-12,16H2,1H3. The second-order valence-corrected chi connectivity index (χ2v) is 7.94. The van der Waals surface area contributed by atoms with E-state index in [0.29, 0.717) is 6.61 Å². The molecular weight excluding hydrogens is 358 g/mol. The first kappa shape index (κ1) is 18.5. The van der Waals surface area contributed by atoms with E-state index < -0.39 is 0 Å². The first-order valence-electron chi connectivity index (χ1n) is 9.62. The third-order valence-corrected chi connectivity index (χ3v) is 5.83. The van der Waals surface area contributed by atoms with Gasteiger partial charge >= 0.3 is 0 Å². The normalized spacial score (nSPS) is 16.7. The summed E-state index contributed by atoms with van der Waals surface area (Å²) in [5, 5.41) is 9.89. The van der Waals surface area contributed by atoms with E-state index in [2.05, 4.69) is 40.7 Å². The highest BCUT2D eigenvalue weighted by atomic mass is 35.5. The van der Waals surface area contributed by atoms with Crippen molar-refractivity contribution in [3.63, 3.8) is 0 Å². The number of halogens is 1. The summed E-state index contributed by atoms with van der Waals surface area (Å²) in [4.78, 5) is 0. The number of ether oxygens (including phenoxy) is 1. The summed E-state index contributed by atoms with van der Waals surface area (Å²) in [6, 6.07) is 14.8. The summed E-state index contributed by atoms with van der Waals surface area (Å²) < 4.78 is 8.06. The molecule has 0 bridgehead atoms. The van der Waals surface area contributed by atoms with Crippen molar-refractivity contribution in [1.29, 1.82) is 0 Å². The monoisotopic (exact) mass is 383 g/mol. The average molecular weight is 384 g/mol. The quantitative estimate of drug-likeness (QED) is 0.651. The van der Waals surface area contributed by atoms with E-state index >= 15 is 0 Å². The maximum absolute atomic E-state index is 6.29. The lowest BCUT2D eigenvalue weighted by Gasteiger charge is -2.38. The molecule has 1 saturated heterocycles. The van der Waals surface area contributed by atoms with E-state index in [1.807, 2.05) is 30.1 Å². The van der Waals surface area contributed by atoms with Crippen LogP contribution in [0.4, 0.5) is 0 Å². The van der Waals surface area contributed by atoms with Gasteiger partial charge in [-0.2, -0.15) is 5.10 Å². The largest absolute Gasteiger partial charge is 0.380 e. The average Bonchev–Trinajstić information content (AvgIpc) is 3.06. The molecule has 0 radical (unpaired) electrons. The van der Waals surface area contributed by atoms with Crippen LogP contribution in [0.2, 0.25) is 5.02 Å². The van der Waals surface area contributed by atoms with Crippen molar-refractivity contribution < 1.29 is 4.74 Å². The molecule has 4 rings (SSSR count). The maximum atomic E-state index is 6.29. The first-order chi connectivity index (χ1) is 13.2. The van der Waals surface area contributed by atoms with Gasteiger partial charge < -0.3 is 10.1 Å². The van der Waals surface area contributed by atoms with Gasteiger partial charge in [0.2, 0.25) is 0 Å². The number of aryl methyl sites for hydroxylation is 1. The van der Waals surface area contributed by atoms with Crippen LogP contribution >= 0.6 is 11.6 Å². The Labute approximate surface area is 165 Å². The minimum atomic E-state index is 0.112. The Hall–Kier alpha value is -1.88. The molecule has 2 aromatic carbocycles. The molecule has 1 fully saturated rings. The highest BCUT2D eigenvalue weighted by Crippen LogP contribution is 2.34. The Morgan fingerprint density at radius 2 is 1.96 bits per heavy atom. The summed E-state index contributed by atoms with van der Waals surface area (Å²) in [7, 11) is 1.94. The maximum Gasteiger partial charge on any atom is 0.0957 e. The molecule has 142 valence electrons. The van der Waals surface area contributed by atoms with E-state index in [-0.39, 0.29) is 5.41 Å². The fourth-order valence-corrected chi connectivity index (χ4v) is 4.39. The van der Waals surface area contributed by atoms with Gasteiger partial charge in [-0.3, -0.25) is 4.68 Å². The predicted molar refractivity (Wildman–Crippen MR) is 110 cm³/mol. The van der Waals surface area contributed by atoms with Gasteiger partial charge in [0.1, 0.15) is 0 Å². The van der Waals surface area contributed by atoms with Crippen LogP contribution in [0.15, 0.2) is 48.7 Å². The first-order valence-corrected chi connectivity index (χ1v) is 10.00. The van der Waals surface area contributed by atoms with Crippen molar-refractivity contribution in [2.45, 2.75) is 24.7 Å². The predicted octanol–water partition coefficient (Wildman–Crippen LogP) is 4.11. The molecule has 2 heterocycles. The lowest BCUT2D eigenvalue weighted by atomic mass is 9.74. The second-order valence-electron chi connectivity index (χ2n) is 7.50. The fraction of sp³-hybridized carbons (Fsp3) is 0.409.